The third-order valence-electron chi connectivity index (χ3n) is 3.84. The lowest BCUT2D eigenvalue weighted by Crippen LogP contribution is -2.02. The van der Waals surface area contributed by atoms with E-state index in [-0.39, 0.29) is 5.97 Å². The third-order valence-corrected chi connectivity index (χ3v) is 3.84. The Balaban J connectivity index is 1.53. The van der Waals surface area contributed by atoms with Gasteiger partial charge in [-0.15, -0.1) is 0 Å². The van der Waals surface area contributed by atoms with Crippen LogP contribution in [0.1, 0.15) is 19.3 Å². The Bertz CT molecular complexity index is 829. The summed E-state index contributed by atoms with van der Waals surface area (Å²) in [7, 11) is 1.40. The lowest BCUT2D eigenvalue weighted by Gasteiger charge is -2.06. The molecule has 0 unspecified atom stereocenters. The molecule has 26 heavy (non-hydrogen) atoms. The number of hydrogen-bond donors (Lipinski definition) is 0. The fourth-order valence-corrected chi connectivity index (χ4v) is 2.41. The number of ether oxygens (including phenoxy) is 2. The van der Waals surface area contributed by atoms with Crippen LogP contribution in [0.5, 0.6) is 5.75 Å². The highest BCUT2D eigenvalue weighted by Gasteiger charge is 2.08. The first-order chi connectivity index (χ1) is 12.8. The Morgan fingerprint density at radius 1 is 1.04 bits per heavy atom. The molecule has 0 saturated heterocycles. The second-order valence-electron chi connectivity index (χ2n) is 5.67. The molecule has 0 aliphatic heterocycles. The number of carbonyl (C=O) groups excluding carboxylic acids is 1. The van der Waals surface area contributed by atoms with Gasteiger partial charge in [0.15, 0.2) is 5.76 Å². The van der Waals surface area contributed by atoms with Crippen molar-refractivity contribution in [3.63, 3.8) is 0 Å². The zero-order valence-corrected chi connectivity index (χ0v) is 14.6. The van der Waals surface area contributed by atoms with Crippen LogP contribution in [-0.2, 0) is 9.53 Å². The van der Waals surface area contributed by atoms with Crippen LogP contribution in [0.15, 0.2) is 59.4 Å². The second kappa shape index (κ2) is 8.80. The van der Waals surface area contributed by atoms with Crippen molar-refractivity contribution in [2.24, 2.45) is 0 Å². The Kier molecular flexibility index (Phi) is 5.98. The van der Waals surface area contributed by atoms with E-state index in [2.05, 4.69) is 14.7 Å². The van der Waals surface area contributed by atoms with Crippen molar-refractivity contribution < 1.29 is 18.7 Å². The Morgan fingerprint density at radius 2 is 1.81 bits per heavy atom. The number of oxazole rings is 1. The van der Waals surface area contributed by atoms with Gasteiger partial charge in [-0.25, -0.2) is 4.98 Å². The number of benzene rings is 1. The lowest BCUT2D eigenvalue weighted by atomic mass is 10.2. The van der Waals surface area contributed by atoms with Crippen molar-refractivity contribution in [3.8, 4) is 28.5 Å². The first kappa shape index (κ1) is 17.7. The Hall–Kier alpha value is -3.15. The van der Waals surface area contributed by atoms with Gasteiger partial charge in [-0.2, -0.15) is 0 Å². The van der Waals surface area contributed by atoms with Gasteiger partial charge in [-0.1, -0.05) is 0 Å². The molecule has 0 atom stereocenters. The first-order valence-corrected chi connectivity index (χ1v) is 8.42. The maximum absolute atomic E-state index is 11.0. The van der Waals surface area contributed by atoms with Crippen molar-refractivity contribution in [2.75, 3.05) is 13.7 Å². The highest BCUT2D eigenvalue weighted by atomic mass is 16.5. The fraction of sp³-hybridized carbons (Fsp3) is 0.250. The number of esters is 1. The molecule has 0 aliphatic rings. The summed E-state index contributed by atoms with van der Waals surface area (Å²) in [5.41, 5.74) is 1.81. The normalized spacial score (nSPS) is 10.5. The maximum Gasteiger partial charge on any atom is 0.305 e. The van der Waals surface area contributed by atoms with E-state index in [1.54, 1.807) is 18.6 Å². The van der Waals surface area contributed by atoms with Crippen molar-refractivity contribution >= 4 is 5.97 Å². The van der Waals surface area contributed by atoms with Crippen LogP contribution < -0.4 is 4.74 Å². The van der Waals surface area contributed by atoms with Gasteiger partial charge < -0.3 is 13.9 Å². The molecule has 0 fully saturated rings. The molecule has 0 saturated carbocycles. The maximum atomic E-state index is 11.0. The van der Waals surface area contributed by atoms with Gasteiger partial charge in [0.25, 0.3) is 0 Å². The van der Waals surface area contributed by atoms with Crippen molar-refractivity contribution in [3.05, 3.63) is 55.0 Å². The van der Waals surface area contributed by atoms with Crippen LogP contribution in [0, 0.1) is 0 Å². The molecule has 134 valence electrons. The van der Waals surface area contributed by atoms with E-state index in [0.29, 0.717) is 24.7 Å². The molecule has 0 aliphatic carbocycles. The van der Waals surface area contributed by atoms with Crippen molar-refractivity contribution in [2.45, 2.75) is 19.3 Å². The summed E-state index contributed by atoms with van der Waals surface area (Å²) >= 11 is 0. The minimum absolute atomic E-state index is 0.187. The number of pyridine rings is 1. The SMILES string of the molecule is COC(=O)CCCCOc1ccc(-c2cnc(-c3ccncc3)o2)cc1. The summed E-state index contributed by atoms with van der Waals surface area (Å²) in [5, 5.41) is 0. The molecule has 6 heteroatoms. The number of rotatable bonds is 8. The van der Waals surface area contributed by atoms with Crippen LogP contribution in [0.4, 0.5) is 0 Å². The minimum atomic E-state index is -0.187. The summed E-state index contributed by atoms with van der Waals surface area (Å²) in [6, 6.07) is 11.4. The lowest BCUT2D eigenvalue weighted by molar-refractivity contribution is -0.140. The van der Waals surface area contributed by atoms with E-state index in [1.165, 1.54) is 7.11 Å². The summed E-state index contributed by atoms with van der Waals surface area (Å²) < 4.78 is 16.1. The number of aromatic nitrogens is 2. The average Bonchev–Trinajstić information content (AvgIpc) is 3.19. The molecule has 2 heterocycles. The van der Waals surface area contributed by atoms with Gasteiger partial charge in [0.05, 0.1) is 19.9 Å². The zero-order chi connectivity index (χ0) is 18.2. The third kappa shape index (κ3) is 4.69. The number of nitrogens with zero attached hydrogens (tertiary/aromatic N) is 2. The molecule has 0 N–H and O–H groups in total. The quantitative estimate of drug-likeness (QED) is 0.448. The molecular formula is C20H20N2O4. The number of unbranched alkanes of at least 4 members (excludes halogenated alkanes) is 1. The van der Waals surface area contributed by atoms with E-state index >= 15 is 0 Å². The van der Waals surface area contributed by atoms with Crippen molar-refractivity contribution in [1.82, 2.24) is 9.97 Å². The average molecular weight is 352 g/mol. The first-order valence-electron chi connectivity index (χ1n) is 8.42. The molecule has 6 nitrogen and oxygen atoms in total. The monoisotopic (exact) mass is 352 g/mol. The molecule has 2 aromatic heterocycles. The molecule has 1 aromatic carbocycles. The number of hydrogen-bond acceptors (Lipinski definition) is 6. The fourth-order valence-electron chi connectivity index (χ4n) is 2.41. The van der Waals surface area contributed by atoms with Gasteiger partial charge in [0.1, 0.15) is 5.75 Å². The molecule has 3 rings (SSSR count). The highest BCUT2D eigenvalue weighted by Crippen LogP contribution is 2.27. The van der Waals surface area contributed by atoms with E-state index in [4.69, 9.17) is 9.15 Å². The van der Waals surface area contributed by atoms with E-state index < -0.39 is 0 Å². The van der Waals surface area contributed by atoms with Crippen LogP contribution in [0.3, 0.4) is 0 Å². The summed E-state index contributed by atoms with van der Waals surface area (Å²) in [6.07, 6.45) is 7.09. The molecule has 0 amide bonds. The zero-order valence-electron chi connectivity index (χ0n) is 14.6. The summed E-state index contributed by atoms with van der Waals surface area (Å²) in [5.74, 6) is 1.85. The van der Waals surface area contributed by atoms with Gasteiger partial charge in [0.2, 0.25) is 5.89 Å². The highest BCUT2D eigenvalue weighted by molar-refractivity contribution is 5.69. The smallest absolute Gasteiger partial charge is 0.305 e. The summed E-state index contributed by atoms with van der Waals surface area (Å²) in [4.78, 5) is 19.3. The van der Waals surface area contributed by atoms with E-state index in [1.807, 2.05) is 36.4 Å². The predicted octanol–water partition coefficient (Wildman–Crippen LogP) is 4.13. The minimum Gasteiger partial charge on any atom is -0.494 e. The molecule has 3 aromatic rings. The predicted molar refractivity (Wildman–Crippen MR) is 96.5 cm³/mol. The standard InChI is InChI=1S/C20H20N2O4/c1-24-19(23)4-2-3-13-25-17-7-5-15(6-8-17)18-14-22-20(26-18)16-9-11-21-12-10-16/h5-12,14H,2-4,13H2,1H3. The van der Waals surface area contributed by atoms with Crippen LogP contribution in [0.2, 0.25) is 0 Å². The molecular weight excluding hydrogens is 332 g/mol. The summed E-state index contributed by atoms with van der Waals surface area (Å²) in [6.45, 7) is 0.560. The van der Waals surface area contributed by atoms with Gasteiger partial charge in [-0.3, -0.25) is 9.78 Å². The Labute approximate surface area is 151 Å². The van der Waals surface area contributed by atoms with Gasteiger partial charge >= 0.3 is 5.97 Å². The van der Waals surface area contributed by atoms with E-state index in [9.17, 15) is 4.79 Å². The topological polar surface area (TPSA) is 74.5 Å². The van der Waals surface area contributed by atoms with Crippen LogP contribution in [-0.4, -0.2) is 29.7 Å². The number of carbonyl (C=O) groups is 1. The van der Waals surface area contributed by atoms with Gasteiger partial charge in [0, 0.05) is 29.9 Å². The number of methoxy groups -OCH3 is 1. The largest absolute Gasteiger partial charge is 0.494 e. The molecule has 0 spiro atoms. The van der Waals surface area contributed by atoms with Crippen LogP contribution in [0.25, 0.3) is 22.8 Å². The second-order valence-corrected chi connectivity index (χ2v) is 5.67. The van der Waals surface area contributed by atoms with Crippen LogP contribution >= 0.6 is 0 Å². The van der Waals surface area contributed by atoms with Gasteiger partial charge in [-0.05, 0) is 49.2 Å². The molecule has 0 radical (unpaired) electrons. The van der Waals surface area contributed by atoms with Crippen molar-refractivity contribution in [1.29, 1.82) is 0 Å². The Morgan fingerprint density at radius 3 is 2.54 bits per heavy atom. The molecule has 0 bridgehead atoms. The van der Waals surface area contributed by atoms with E-state index in [0.717, 1.165) is 29.7 Å².